The van der Waals surface area contributed by atoms with Crippen molar-refractivity contribution in [3.8, 4) is 0 Å². The number of hydrogen-bond donors (Lipinski definition) is 0. The van der Waals surface area contributed by atoms with Crippen molar-refractivity contribution in [3.05, 3.63) is 34.9 Å². The van der Waals surface area contributed by atoms with Crippen LogP contribution in [0.1, 0.15) is 30.1 Å². The molecule has 0 aromatic heterocycles. The quantitative estimate of drug-likeness (QED) is 0.862. The largest absolute Gasteiger partial charge is 0.376 e. The Kier molecular flexibility index (Phi) is 4.48. The van der Waals surface area contributed by atoms with E-state index < -0.39 is 0 Å². The van der Waals surface area contributed by atoms with Crippen LogP contribution in [0.2, 0.25) is 5.02 Å². The molecule has 1 saturated carbocycles. The third-order valence-corrected chi connectivity index (χ3v) is 4.52. The predicted molar refractivity (Wildman–Crippen MR) is 80.7 cm³/mol. The lowest BCUT2D eigenvalue weighted by molar-refractivity contribution is -0.102. The van der Waals surface area contributed by atoms with Crippen molar-refractivity contribution >= 4 is 17.5 Å². The van der Waals surface area contributed by atoms with Gasteiger partial charge >= 0.3 is 0 Å². The summed E-state index contributed by atoms with van der Waals surface area (Å²) in [6, 6.07) is 7.20. The molecule has 1 aliphatic heterocycles. The van der Waals surface area contributed by atoms with E-state index in [1.807, 2.05) is 11.8 Å². The molecule has 0 N–H and O–H groups in total. The van der Waals surface area contributed by atoms with Crippen LogP contribution in [0.5, 0.6) is 0 Å². The summed E-state index contributed by atoms with van der Waals surface area (Å²) < 4.78 is 11.6. The predicted octanol–water partition coefficient (Wildman–Crippen LogP) is 2.75. The molecule has 1 heterocycles. The fraction of sp³-hybridized carbons (Fsp3) is 0.562. The molecule has 1 amide bonds. The minimum Gasteiger partial charge on any atom is -0.376 e. The van der Waals surface area contributed by atoms with Crippen LogP contribution in [0.25, 0.3) is 0 Å². The smallest absolute Gasteiger partial charge is 0.254 e. The topological polar surface area (TPSA) is 38.8 Å². The van der Waals surface area contributed by atoms with Gasteiger partial charge in [-0.05, 0) is 44.0 Å². The Bertz CT molecular complexity index is 505. The summed E-state index contributed by atoms with van der Waals surface area (Å²) in [7, 11) is 0. The standard InChI is InChI=1S/C16H20ClNO3/c1-2-20-14-8-7-13-15(14)21-10-9-18(13)16(19)11-3-5-12(17)6-4-11/h3-6,13-15H,2,7-10H2,1H3/t13-,14+,15+/m0/s1. The van der Waals surface area contributed by atoms with Crippen molar-refractivity contribution in [1.29, 1.82) is 0 Å². The molecule has 0 spiro atoms. The van der Waals surface area contributed by atoms with Crippen LogP contribution in [0.15, 0.2) is 24.3 Å². The van der Waals surface area contributed by atoms with E-state index >= 15 is 0 Å². The Morgan fingerprint density at radius 1 is 1.38 bits per heavy atom. The van der Waals surface area contributed by atoms with Gasteiger partial charge in [-0.15, -0.1) is 0 Å². The van der Waals surface area contributed by atoms with Gasteiger partial charge in [0.1, 0.15) is 6.10 Å². The monoisotopic (exact) mass is 309 g/mol. The normalized spacial score (nSPS) is 28.5. The molecule has 1 saturated heterocycles. The Labute approximate surface area is 130 Å². The second-order valence-corrected chi connectivity index (χ2v) is 5.92. The van der Waals surface area contributed by atoms with Crippen LogP contribution < -0.4 is 0 Å². The molecule has 1 aromatic carbocycles. The molecule has 1 aliphatic carbocycles. The SMILES string of the molecule is CCO[C@@H]1CC[C@H]2[C@H]1OCCN2C(=O)c1ccc(Cl)cc1. The maximum Gasteiger partial charge on any atom is 0.254 e. The second-order valence-electron chi connectivity index (χ2n) is 5.48. The van der Waals surface area contributed by atoms with Gasteiger partial charge in [0.15, 0.2) is 0 Å². The van der Waals surface area contributed by atoms with Crippen molar-refractivity contribution < 1.29 is 14.3 Å². The van der Waals surface area contributed by atoms with Crippen LogP contribution in [0.4, 0.5) is 0 Å². The van der Waals surface area contributed by atoms with E-state index in [4.69, 9.17) is 21.1 Å². The van der Waals surface area contributed by atoms with Gasteiger partial charge in [-0.25, -0.2) is 0 Å². The summed E-state index contributed by atoms with van der Waals surface area (Å²) in [5.41, 5.74) is 0.680. The highest BCUT2D eigenvalue weighted by atomic mass is 35.5. The van der Waals surface area contributed by atoms with Crippen molar-refractivity contribution in [1.82, 2.24) is 4.90 Å². The van der Waals surface area contributed by atoms with Crippen LogP contribution in [0.3, 0.4) is 0 Å². The number of rotatable bonds is 3. The number of carbonyl (C=O) groups is 1. The van der Waals surface area contributed by atoms with Crippen LogP contribution in [-0.4, -0.2) is 48.8 Å². The van der Waals surface area contributed by atoms with Gasteiger partial charge in [0.05, 0.1) is 18.8 Å². The molecular weight excluding hydrogens is 290 g/mol. The molecule has 4 nitrogen and oxygen atoms in total. The molecule has 0 radical (unpaired) electrons. The van der Waals surface area contributed by atoms with Gasteiger partial charge in [0.2, 0.25) is 0 Å². The van der Waals surface area contributed by atoms with Gasteiger partial charge in [-0.2, -0.15) is 0 Å². The Balaban J connectivity index is 1.76. The first-order valence-corrected chi connectivity index (χ1v) is 7.88. The zero-order chi connectivity index (χ0) is 14.8. The average Bonchev–Trinajstić information content (AvgIpc) is 2.91. The fourth-order valence-corrected chi connectivity index (χ4v) is 3.44. The minimum atomic E-state index is 0.00921. The molecule has 21 heavy (non-hydrogen) atoms. The third-order valence-electron chi connectivity index (χ3n) is 4.27. The third kappa shape index (κ3) is 2.93. The van der Waals surface area contributed by atoms with E-state index in [2.05, 4.69) is 0 Å². The fourth-order valence-electron chi connectivity index (χ4n) is 3.32. The zero-order valence-corrected chi connectivity index (χ0v) is 12.9. The van der Waals surface area contributed by atoms with Crippen LogP contribution in [0, 0.1) is 0 Å². The number of ether oxygens (including phenoxy) is 2. The highest BCUT2D eigenvalue weighted by Crippen LogP contribution is 2.33. The Hall–Kier alpha value is -1.10. The van der Waals surface area contributed by atoms with Gasteiger partial charge in [-0.3, -0.25) is 4.79 Å². The van der Waals surface area contributed by atoms with Crippen LogP contribution in [-0.2, 0) is 9.47 Å². The maximum atomic E-state index is 12.7. The van der Waals surface area contributed by atoms with E-state index in [1.165, 1.54) is 0 Å². The first-order valence-electron chi connectivity index (χ1n) is 7.50. The summed E-state index contributed by atoms with van der Waals surface area (Å²) in [5.74, 6) is 0.0575. The molecule has 2 fully saturated rings. The molecule has 0 unspecified atom stereocenters. The summed E-state index contributed by atoms with van der Waals surface area (Å²) >= 11 is 5.88. The zero-order valence-electron chi connectivity index (χ0n) is 12.1. The Morgan fingerprint density at radius 2 is 2.14 bits per heavy atom. The van der Waals surface area contributed by atoms with E-state index in [0.717, 1.165) is 12.8 Å². The first kappa shape index (κ1) is 14.8. The van der Waals surface area contributed by atoms with Gasteiger partial charge in [0, 0.05) is 23.7 Å². The molecule has 1 aromatic rings. The van der Waals surface area contributed by atoms with E-state index in [-0.39, 0.29) is 24.2 Å². The van der Waals surface area contributed by atoms with Gasteiger partial charge in [-0.1, -0.05) is 11.6 Å². The Morgan fingerprint density at radius 3 is 2.86 bits per heavy atom. The number of nitrogens with zero attached hydrogens (tertiary/aromatic N) is 1. The number of carbonyl (C=O) groups excluding carboxylic acids is 1. The molecule has 2 aliphatic rings. The summed E-state index contributed by atoms with van der Waals surface area (Å²) in [6.45, 7) is 3.89. The molecule has 0 bridgehead atoms. The number of benzene rings is 1. The lowest BCUT2D eigenvalue weighted by Crippen LogP contribution is -2.53. The molecule has 3 atom stereocenters. The highest BCUT2D eigenvalue weighted by molar-refractivity contribution is 6.30. The number of amides is 1. The number of fused-ring (bicyclic) bond motifs is 1. The van der Waals surface area contributed by atoms with Gasteiger partial charge in [0.25, 0.3) is 5.91 Å². The van der Waals surface area contributed by atoms with Crippen molar-refractivity contribution in [2.75, 3.05) is 19.8 Å². The van der Waals surface area contributed by atoms with E-state index in [0.29, 0.717) is 30.3 Å². The lowest BCUT2D eigenvalue weighted by Gasteiger charge is -2.39. The molecule has 3 rings (SSSR count). The molecule has 5 heteroatoms. The summed E-state index contributed by atoms with van der Waals surface area (Å²) in [6.07, 6.45) is 2.01. The van der Waals surface area contributed by atoms with Gasteiger partial charge < -0.3 is 14.4 Å². The maximum absolute atomic E-state index is 12.7. The number of morpholine rings is 1. The average molecular weight is 310 g/mol. The molecule has 114 valence electrons. The summed E-state index contributed by atoms with van der Waals surface area (Å²) in [4.78, 5) is 14.6. The van der Waals surface area contributed by atoms with E-state index in [1.54, 1.807) is 24.3 Å². The van der Waals surface area contributed by atoms with Crippen molar-refractivity contribution in [3.63, 3.8) is 0 Å². The van der Waals surface area contributed by atoms with Crippen molar-refractivity contribution in [2.24, 2.45) is 0 Å². The lowest BCUT2D eigenvalue weighted by atomic mass is 10.1. The summed E-state index contributed by atoms with van der Waals surface area (Å²) in [5, 5.41) is 0.642. The van der Waals surface area contributed by atoms with Crippen molar-refractivity contribution in [2.45, 2.75) is 38.0 Å². The minimum absolute atomic E-state index is 0.00921. The second kappa shape index (κ2) is 6.34. The molecular formula is C16H20ClNO3. The first-order chi connectivity index (χ1) is 10.2. The number of hydrogen-bond acceptors (Lipinski definition) is 3. The number of halogens is 1. The van der Waals surface area contributed by atoms with Crippen LogP contribution >= 0.6 is 11.6 Å². The highest BCUT2D eigenvalue weighted by Gasteiger charge is 2.44. The van der Waals surface area contributed by atoms with E-state index in [9.17, 15) is 4.79 Å².